The molecule has 0 saturated heterocycles. The Morgan fingerprint density at radius 3 is 2.00 bits per heavy atom. The molecule has 0 fully saturated rings. The summed E-state index contributed by atoms with van der Waals surface area (Å²) in [5.41, 5.74) is -0.777. The van der Waals surface area contributed by atoms with Crippen molar-refractivity contribution in [1.29, 1.82) is 0 Å². The standard InChI is InChI=1S/C13H9F3IO3S/c14-13(15,16)10-6-8-11(9-7-10)17-20-21(18,19)12-4-2-1-3-5-12/h1-9H/q+1. The quantitative estimate of drug-likeness (QED) is 0.657. The molecular weight excluding hydrogens is 420 g/mol. The summed E-state index contributed by atoms with van der Waals surface area (Å²) in [5, 5.41) is 0. The number of benzene rings is 2. The molecule has 0 atom stereocenters. The molecule has 21 heavy (non-hydrogen) atoms. The zero-order valence-electron chi connectivity index (χ0n) is 10.3. The largest absolute Gasteiger partial charge is 0.540 e. The van der Waals surface area contributed by atoms with Crippen LogP contribution < -0.4 is 21.6 Å². The number of hydrogen-bond acceptors (Lipinski definition) is 3. The van der Waals surface area contributed by atoms with Crippen LogP contribution in [0.2, 0.25) is 0 Å². The number of hydrogen-bond donors (Lipinski definition) is 0. The molecule has 2 aromatic rings. The Morgan fingerprint density at radius 2 is 1.48 bits per heavy atom. The van der Waals surface area contributed by atoms with Gasteiger partial charge >= 0.3 is 37.9 Å². The lowest BCUT2D eigenvalue weighted by atomic mass is 10.2. The van der Waals surface area contributed by atoms with Gasteiger partial charge in [-0.05, 0) is 38.9 Å². The highest BCUT2D eigenvalue weighted by Crippen LogP contribution is 2.28. The van der Waals surface area contributed by atoms with E-state index in [9.17, 15) is 21.6 Å². The van der Waals surface area contributed by atoms with Gasteiger partial charge in [0.2, 0.25) is 3.57 Å². The molecule has 0 saturated carbocycles. The smallest absolute Gasteiger partial charge is 0.190 e. The van der Waals surface area contributed by atoms with Crippen molar-refractivity contribution in [3.05, 3.63) is 63.7 Å². The minimum Gasteiger partial charge on any atom is -0.190 e. The van der Waals surface area contributed by atoms with Crippen molar-refractivity contribution in [2.45, 2.75) is 11.1 Å². The lowest BCUT2D eigenvalue weighted by Crippen LogP contribution is -3.61. The fraction of sp³-hybridized carbons (Fsp3) is 0.0769. The van der Waals surface area contributed by atoms with Crippen LogP contribution in [0.1, 0.15) is 5.56 Å². The molecule has 2 aromatic carbocycles. The van der Waals surface area contributed by atoms with Gasteiger partial charge in [0.1, 0.15) is 0 Å². The van der Waals surface area contributed by atoms with Crippen molar-refractivity contribution in [3.8, 4) is 0 Å². The average molecular weight is 429 g/mol. The average Bonchev–Trinajstić information content (AvgIpc) is 2.46. The monoisotopic (exact) mass is 429 g/mol. The summed E-state index contributed by atoms with van der Waals surface area (Å²) in [5.74, 6) is 0. The first-order valence-corrected chi connectivity index (χ1v) is 8.96. The van der Waals surface area contributed by atoms with Crippen molar-refractivity contribution in [2.24, 2.45) is 0 Å². The van der Waals surface area contributed by atoms with Crippen LogP contribution in [0.5, 0.6) is 0 Å². The Balaban J connectivity index is 2.07. The molecule has 0 aromatic heterocycles. The molecule has 112 valence electrons. The highest BCUT2D eigenvalue weighted by Gasteiger charge is 2.32. The van der Waals surface area contributed by atoms with E-state index in [-0.39, 0.29) is 4.90 Å². The van der Waals surface area contributed by atoms with E-state index in [1.165, 1.54) is 24.3 Å². The third-order valence-corrected chi connectivity index (χ3v) is 6.67. The summed E-state index contributed by atoms with van der Waals surface area (Å²) in [7, 11) is -3.87. The molecule has 0 aliphatic rings. The lowest BCUT2D eigenvalue weighted by Gasteiger charge is -2.04. The minimum atomic E-state index is -4.41. The molecule has 0 radical (unpaired) electrons. The van der Waals surface area contributed by atoms with E-state index in [4.69, 9.17) is 2.51 Å². The number of halogens is 4. The van der Waals surface area contributed by atoms with E-state index in [1.54, 1.807) is 18.2 Å². The number of rotatable bonds is 4. The molecule has 0 heterocycles. The van der Waals surface area contributed by atoms with Crippen LogP contribution in [0.3, 0.4) is 0 Å². The second-order valence-corrected chi connectivity index (χ2v) is 8.18. The van der Waals surface area contributed by atoms with Gasteiger partial charge < -0.3 is 0 Å². The van der Waals surface area contributed by atoms with Gasteiger partial charge in [-0.25, -0.2) is 0 Å². The van der Waals surface area contributed by atoms with E-state index >= 15 is 0 Å². The van der Waals surface area contributed by atoms with Gasteiger partial charge in [-0.15, -0.1) is 0 Å². The summed E-state index contributed by atoms with van der Waals surface area (Å²) in [6, 6.07) is 11.9. The molecule has 2 rings (SSSR count). The lowest BCUT2D eigenvalue weighted by molar-refractivity contribution is -0.837. The number of alkyl halides is 3. The summed E-state index contributed by atoms with van der Waals surface area (Å²) >= 11 is -1.39. The fourth-order valence-corrected chi connectivity index (χ4v) is 4.72. The van der Waals surface area contributed by atoms with Crippen LogP contribution >= 0.6 is 0 Å². The predicted octanol–water partition coefficient (Wildman–Crippen LogP) is 0.284. The van der Waals surface area contributed by atoms with Crippen molar-refractivity contribution in [2.75, 3.05) is 0 Å². The summed E-state index contributed by atoms with van der Waals surface area (Å²) in [6.07, 6.45) is -4.41. The van der Waals surface area contributed by atoms with Gasteiger partial charge in [-0.1, -0.05) is 18.2 Å². The van der Waals surface area contributed by atoms with Gasteiger partial charge in [0.15, 0.2) is 0 Å². The van der Waals surface area contributed by atoms with Crippen molar-refractivity contribution in [3.63, 3.8) is 0 Å². The van der Waals surface area contributed by atoms with E-state index in [1.807, 2.05) is 0 Å². The van der Waals surface area contributed by atoms with E-state index in [0.29, 0.717) is 3.57 Å². The third kappa shape index (κ3) is 4.42. The molecule has 0 aliphatic heterocycles. The highest BCUT2D eigenvalue weighted by atomic mass is 127. The van der Waals surface area contributed by atoms with E-state index in [2.05, 4.69) is 0 Å². The van der Waals surface area contributed by atoms with Crippen molar-refractivity contribution < 1.29 is 45.7 Å². The molecule has 0 N–H and O–H groups in total. The molecule has 0 aliphatic carbocycles. The van der Waals surface area contributed by atoms with Crippen LogP contribution in [-0.2, 0) is 18.8 Å². The van der Waals surface area contributed by atoms with E-state index < -0.39 is 43.5 Å². The second kappa shape index (κ2) is 6.32. The van der Waals surface area contributed by atoms with Crippen LogP contribution in [0.4, 0.5) is 13.2 Å². The Kier molecular flexibility index (Phi) is 4.89. The second-order valence-electron chi connectivity index (χ2n) is 3.91. The third-order valence-electron chi connectivity index (χ3n) is 2.41. The highest BCUT2D eigenvalue weighted by molar-refractivity contribution is 7.86. The Hall–Kier alpha value is -1.13. The topological polar surface area (TPSA) is 43.4 Å². The zero-order valence-corrected chi connectivity index (χ0v) is 13.3. The Morgan fingerprint density at radius 1 is 0.905 bits per heavy atom. The van der Waals surface area contributed by atoms with Crippen LogP contribution in [0, 0.1) is 3.57 Å². The Labute approximate surface area is 130 Å². The molecule has 8 heteroatoms. The minimum absolute atomic E-state index is 0.0246. The maximum Gasteiger partial charge on any atom is 0.540 e. The first kappa shape index (κ1) is 16.2. The van der Waals surface area contributed by atoms with Crippen LogP contribution in [0.25, 0.3) is 0 Å². The first-order chi connectivity index (χ1) is 9.79. The molecule has 3 nitrogen and oxygen atoms in total. The maximum atomic E-state index is 12.4. The van der Waals surface area contributed by atoms with Gasteiger partial charge in [-0.2, -0.15) is 21.6 Å². The molecule has 0 unspecified atom stereocenters. The van der Waals surface area contributed by atoms with Gasteiger partial charge in [0.05, 0.1) is 10.5 Å². The first-order valence-electron chi connectivity index (χ1n) is 5.60. The van der Waals surface area contributed by atoms with Crippen LogP contribution in [0.15, 0.2) is 59.5 Å². The maximum absolute atomic E-state index is 12.4. The van der Waals surface area contributed by atoms with Gasteiger partial charge in [0.25, 0.3) is 0 Å². The van der Waals surface area contributed by atoms with E-state index in [0.717, 1.165) is 12.1 Å². The normalized spacial score (nSPS) is 12.3. The Bertz CT molecular complexity index is 698. The van der Waals surface area contributed by atoms with Crippen molar-refractivity contribution >= 4 is 10.1 Å². The van der Waals surface area contributed by atoms with Gasteiger partial charge in [-0.3, -0.25) is 0 Å². The molecular formula is C13H9F3IO3S+. The van der Waals surface area contributed by atoms with Crippen LogP contribution in [-0.4, -0.2) is 8.42 Å². The SMILES string of the molecule is O=S(=O)(O[I+]c1ccc(C(F)(F)F)cc1)c1ccccc1. The summed E-state index contributed by atoms with van der Waals surface area (Å²) < 4.78 is 66.3. The fourth-order valence-electron chi connectivity index (χ4n) is 1.39. The summed E-state index contributed by atoms with van der Waals surface area (Å²) in [6.45, 7) is 0. The molecule has 0 amide bonds. The van der Waals surface area contributed by atoms with Crippen molar-refractivity contribution in [1.82, 2.24) is 0 Å². The predicted molar refractivity (Wildman–Crippen MR) is 64.9 cm³/mol. The summed E-state index contributed by atoms with van der Waals surface area (Å²) in [4.78, 5) is 0.0246. The van der Waals surface area contributed by atoms with Gasteiger partial charge in [0, 0.05) is 0 Å². The molecule has 0 spiro atoms. The molecule has 0 bridgehead atoms. The zero-order chi connectivity index (χ0) is 15.5.